The van der Waals surface area contributed by atoms with Crippen LogP contribution in [0.15, 0.2) is 48.5 Å². The van der Waals surface area contributed by atoms with Crippen LogP contribution >= 0.6 is 0 Å². The highest BCUT2D eigenvalue weighted by Crippen LogP contribution is 2.46. The van der Waals surface area contributed by atoms with Gasteiger partial charge in [0.15, 0.2) is 0 Å². The average molecular weight is 380 g/mol. The second-order valence-electron chi connectivity index (χ2n) is 8.94. The molecule has 0 radical (unpaired) electrons. The zero-order valence-corrected chi connectivity index (χ0v) is 17.0. The van der Waals surface area contributed by atoms with Crippen molar-refractivity contribution in [3.63, 3.8) is 0 Å². The van der Waals surface area contributed by atoms with Gasteiger partial charge in [0.05, 0.1) is 6.04 Å². The first-order valence-corrected chi connectivity index (χ1v) is 9.70. The summed E-state index contributed by atoms with van der Waals surface area (Å²) < 4.78 is 0. The van der Waals surface area contributed by atoms with Gasteiger partial charge in [0.25, 0.3) is 0 Å². The van der Waals surface area contributed by atoms with Crippen LogP contribution in [0.2, 0.25) is 0 Å². The largest absolute Gasteiger partial charge is 0.478 e. The summed E-state index contributed by atoms with van der Waals surface area (Å²) in [5.74, 6) is -0.999. The maximum absolute atomic E-state index is 10.9. The van der Waals surface area contributed by atoms with Crippen LogP contribution in [0.25, 0.3) is 6.08 Å². The third-order valence-corrected chi connectivity index (χ3v) is 6.05. The number of rotatable bonds is 5. The minimum atomic E-state index is -0.999. The Morgan fingerprint density at radius 1 is 1.04 bits per heavy atom. The molecule has 4 heteroatoms. The Bertz CT molecular complexity index is 912. The summed E-state index contributed by atoms with van der Waals surface area (Å²) >= 11 is 0. The smallest absolute Gasteiger partial charge is 0.328 e. The number of carboxylic acid groups (broad SMARTS) is 1. The number of carboxylic acids is 1. The van der Waals surface area contributed by atoms with Crippen molar-refractivity contribution in [2.24, 2.45) is 0 Å². The number of carbonyl (C=O) groups is 1. The van der Waals surface area contributed by atoms with Crippen molar-refractivity contribution in [1.82, 2.24) is 5.48 Å². The molecule has 1 unspecified atom stereocenters. The lowest BCUT2D eigenvalue weighted by molar-refractivity contribution is -0.131. The lowest BCUT2D eigenvalue weighted by atomic mass is 9.63. The van der Waals surface area contributed by atoms with Crippen molar-refractivity contribution in [2.45, 2.75) is 57.4 Å². The summed E-state index contributed by atoms with van der Waals surface area (Å²) in [5.41, 5.74) is 7.87. The van der Waals surface area contributed by atoms with Crippen LogP contribution in [-0.4, -0.2) is 16.3 Å². The van der Waals surface area contributed by atoms with E-state index < -0.39 is 12.0 Å². The van der Waals surface area contributed by atoms with E-state index in [0.29, 0.717) is 0 Å². The van der Waals surface area contributed by atoms with E-state index >= 15 is 0 Å². The fraction of sp³-hybridized carbons (Fsp3) is 0.375. The van der Waals surface area contributed by atoms with E-state index in [2.05, 4.69) is 51.4 Å². The van der Waals surface area contributed by atoms with Crippen molar-refractivity contribution in [1.29, 1.82) is 0 Å². The van der Waals surface area contributed by atoms with Gasteiger partial charge < -0.3 is 10.3 Å². The molecule has 2 aromatic rings. The van der Waals surface area contributed by atoms with Crippen LogP contribution in [0.3, 0.4) is 0 Å². The highest BCUT2D eigenvalue weighted by molar-refractivity contribution is 5.85. The van der Waals surface area contributed by atoms with Crippen LogP contribution < -0.4 is 5.48 Å². The molecule has 0 amide bonds. The molecule has 3 rings (SSSR count). The predicted molar refractivity (Wildman–Crippen MR) is 112 cm³/mol. The average Bonchev–Trinajstić information content (AvgIpc) is 2.65. The molecule has 0 aromatic heterocycles. The first kappa shape index (κ1) is 20.3. The highest BCUT2D eigenvalue weighted by atomic mass is 16.5. The summed E-state index contributed by atoms with van der Waals surface area (Å²) in [5, 5.41) is 18.9. The molecule has 1 aliphatic carbocycles. The maximum Gasteiger partial charge on any atom is 0.328 e. The maximum atomic E-state index is 10.9. The van der Waals surface area contributed by atoms with Crippen molar-refractivity contribution in [3.05, 3.63) is 76.4 Å². The highest BCUT2D eigenvalue weighted by Gasteiger charge is 2.37. The van der Waals surface area contributed by atoms with Crippen molar-refractivity contribution in [2.75, 3.05) is 0 Å². The van der Waals surface area contributed by atoms with E-state index in [1.54, 1.807) is 6.08 Å². The zero-order chi connectivity index (χ0) is 20.5. The number of fused-ring (bicyclic) bond motifs is 1. The molecule has 148 valence electrons. The number of hydrogen-bond donors (Lipinski definition) is 3. The number of nitrogens with one attached hydrogen (secondary N) is 1. The van der Waals surface area contributed by atoms with E-state index in [0.717, 1.165) is 35.6 Å². The molecule has 1 aliphatic rings. The molecule has 0 aliphatic heterocycles. The topological polar surface area (TPSA) is 69.6 Å². The van der Waals surface area contributed by atoms with Crippen LogP contribution in [0, 0.1) is 0 Å². The van der Waals surface area contributed by atoms with Gasteiger partial charge in [-0.3, -0.25) is 0 Å². The molecule has 28 heavy (non-hydrogen) atoms. The van der Waals surface area contributed by atoms with Crippen molar-refractivity contribution < 1.29 is 15.1 Å². The third-order valence-electron chi connectivity index (χ3n) is 6.05. The molecule has 3 N–H and O–H groups in total. The lowest BCUT2D eigenvalue weighted by Gasteiger charge is -2.42. The SMILES string of the molecule is CC1(C)CCC(C)(C)c2cc(C(NO)c3ccccc3C=CC(=O)O)ccc21. The molecule has 0 saturated carbocycles. The van der Waals surface area contributed by atoms with Gasteiger partial charge in [-0.05, 0) is 57.6 Å². The van der Waals surface area contributed by atoms with Crippen molar-refractivity contribution in [3.8, 4) is 0 Å². The fourth-order valence-corrected chi connectivity index (χ4v) is 4.20. The van der Waals surface area contributed by atoms with E-state index in [1.807, 2.05) is 24.3 Å². The quantitative estimate of drug-likeness (QED) is 0.493. The Balaban J connectivity index is 2.10. The summed E-state index contributed by atoms with van der Waals surface area (Å²) in [4.78, 5) is 10.9. The molecular formula is C24H29NO3. The van der Waals surface area contributed by atoms with Gasteiger partial charge in [-0.15, -0.1) is 0 Å². The second-order valence-corrected chi connectivity index (χ2v) is 8.94. The van der Waals surface area contributed by atoms with Gasteiger partial charge in [0.2, 0.25) is 0 Å². The summed E-state index contributed by atoms with van der Waals surface area (Å²) in [6.07, 6.45) is 4.95. The Morgan fingerprint density at radius 3 is 2.32 bits per heavy atom. The minimum Gasteiger partial charge on any atom is -0.478 e. The molecule has 1 atom stereocenters. The third kappa shape index (κ3) is 3.89. The summed E-state index contributed by atoms with van der Waals surface area (Å²) in [7, 11) is 0. The van der Waals surface area contributed by atoms with Gasteiger partial charge in [-0.2, -0.15) is 5.48 Å². The van der Waals surface area contributed by atoms with Gasteiger partial charge >= 0.3 is 5.97 Å². The molecule has 0 bridgehead atoms. The molecule has 0 fully saturated rings. The molecule has 0 spiro atoms. The number of aliphatic carboxylic acids is 1. The molecule has 0 saturated heterocycles. The fourth-order valence-electron chi connectivity index (χ4n) is 4.20. The van der Waals surface area contributed by atoms with Crippen molar-refractivity contribution >= 4 is 12.0 Å². The predicted octanol–water partition coefficient (Wildman–Crippen LogP) is 5.20. The molecule has 0 heterocycles. The first-order valence-electron chi connectivity index (χ1n) is 9.70. The van der Waals surface area contributed by atoms with E-state index in [9.17, 15) is 10.0 Å². The Hall–Kier alpha value is -2.43. The molecule has 4 nitrogen and oxygen atoms in total. The van der Waals surface area contributed by atoms with Gasteiger partial charge in [0, 0.05) is 6.08 Å². The zero-order valence-electron chi connectivity index (χ0n) is 17.0. The second kappa shape index (κ2) is 7.53. The van der Waals surface area contributed by atoms with Crippen LogP contribution in [0.4, 0.5) is 0 Å². The van der Waals surface area contributed by atoms with E-state index in [4.69, 9.17) is 5.11 Å². The van der Waals surface area contributed by atoms with E-state index in [1.165, 1.54) is 11.1 Å². The van der Waals surface area contributed by atoms with Gasteiger partial charge in [-0.1, -0.05) is 70.2 Å². The Morgan fingerprint density at radius 2 is 1.68 bits per heavy atom. The first-order chi connectivity index (χ1) is 13.2. The Kier molecular flexibility index (Phi) is 5.46. The lowest BCUT2D eigenvalue weighted by Crippen LogP contribution is -2.34. The van der Waals surface area contributed by atoms with Crippen LogP contribution in [-0.2, 0) is 15.6 Å². The summed E-state index contributed by atoms with van der Waals surface area (Å²) in [6, 6.07) is 13.5. The molecular weight excluding hydrogens is 350 g/mol. The number of benzene rings is 2. The van der Waals surface area contributed by atoms with Crippen LogP contribution in [0.1, 0.15) is 74.4 Å². The normalized spacial score (nSPS) is 18.6. The van der Waals surface area contributed by atoms with Gasteiger partial charge in [0.1, 0.15) is 0 Å². The Labute approximate surface area is 166 Å². The van der Waals surface area contributed by atoms with Gasteiger partial charge in [-0.25, -0.2) is 4.79 Å². The minimum absolute atomic E-state index is 0.0730. The number of hydrogen-bond acceptors (Lipinski definition) is 3. The standard InChI is InChI=1S/C24H29NO3/c1-23(2)13-14-24(3,4)20-15-17(9-11-19(20)23)22(25-28)18-8-6-5-7-16(18)10-12-21(26)27/h5-12,15,22,25,28H,13-14H2,1-4H3,(H,26,27). The van der Waals surface area contributed by atoms with E-state index in [-0.39, 0.29) is 10.8 Å². The van der Waals surface area contributed by atoms with Crippen LogP contribution in [0.5, 0.6) is 0 Å². The number of hydroxylamine groups is 1. The monoisotopic (exact) mass is 379 g/mol. The summed E-state index contributed by atoms with van der Waals surface area (Å²) in [6.45, 7) is 9.12. The molecule has 2 aromatic carbocycles.